The molecule has 7 nitrogen and oxygen atoms in total. The lowest BCUT2D eigenvalue weighted by atomic mass is 9.91. The maximum Gasteiger partial charge on any atom is 0.305 e. The van der Waals surface area contributed by atoms with Crippen LogP contribution in [-0.2, 0) is 20.7 Å². The summed E-state index contributed by atoms with van der Waals surface area (Å²) >= 11 is 0. The van der Waals surface area contributed by atoms with Gasteiger partial charge in [0.25, 0.3) is 0 Å². The van der Waals surface area contributed by atoms with Gasteiger partial charge in [-0.2, -0.15) is 0 Å². The van der Waals surface area contributed by atoms with Crippen molar-refractivity contribution in [2.24, 2.45) is 11.8 Å². The third-order valence-corrected chi connectivity index (χ3v) is 7.72. The SMILES string of the molecule is COC(=O)CC1CCN(C(=O)CN2CCN(N3CCC(Cc4ccccc4)CC3)CC2)CC1. The standard InChI is InChI=1S/C26H40N4O3/c1-33-26(32)20-24-7-11-28(12-8-24)25(31)21-27-15-17-30(18-16-27)29-13-9-23(10-14-29)19-22-5-3-2-4-6-22/h2-6,23-24H,7-21H2,1H3. The van der Waals surface area contributed by atoms with E-state index in [4.69, 9.17) is 4.74 Å². The van der Waals surface area contributed by atoms with Gasteiger partial charge >= 0.3 is 5.97 Å². The lowest BCUT2D eigenvalue weighted by Gasteiger charge is -2.44. The lowest BCUT2D eigenvalue weighted by Crippen LogP contribution is -2.57. The minimum atomic E-state index is -0.141. The number of hydrogen-bond donors (Lipinski definition) is 0. The molecule has 7 heteroatoms. The van der Waals surface area contributed by atoms with Gasteiger partial charge in [0.05, 0.1) is 13.7 Å². The largest absolute Gasteiger partial charge is 0.469 e. The van der Waals surface area contributed by atoms with Crippen molar-refractivity contribution in [3.8, 4) is 0 Å². The molecule has 33 heavy (non-hydrogen) atoms. The van der Waals surface area contributed by atoms with E-state index in [0.29, 0.717) is 18.9 Å². The number of benzene rings is 1. The minimum Gasteiger partial charge on any atom is -0.469 e. The molecule has 3 aliphatic heterocycles. The fourth-order valence-corrected chi connectivity index (χ4v) is 5.53. The molecule has 182 valence electrons. The van der Waals surface area contributed by atoms with Crippen molar-refractivity contribution in [2.45, 2.75) is 38.5 Å². The topological polar surface area (TPSA) is 56.3 Å². The second kappa shape index (κ2) is 12.0. The first-order valence-corrected chi connectivity index (χ1v) is 12.7. The molecule has 0 saturated carbocycles. The number of hydrogen-bond acceptors (Lipinski definition) is 6. The Bertz CT molecular complexity index is 750. The predicted octanol–water partition coefficient (Wildman–Crippen LogP) is 2.28. The van der Waals surface area contributed by atoms with Crippen LogP contribution in [0.3, 0.4) is 0 Å². The summed E-state index contributed by atoms with van der Waals surface area (Å²) in [5.74, 6) is 1.24. The first-order chi connectivity index (χ1) is 16.1. The van der Waals surface area contributed by atoms with Gasteiger partial charge in [0.15, 0.2) is 0 Å². The number of nitrogens with zero attached hydrogens (tertiary/aromatic N) is 4. The molecule has 0 N–H and O–H groups in total. The van der Waals surface area contributed by atoms with E-state index in [2.05, 4.69) is 45.2 Å². The molecule has 3 saturated heterocycles. The molecule has 3 aliphatic rings. The number of amides is 1. The number of piperidine rings is 2. The minimum absolute atomic E-state index is 0.141. The zero-order valence-corrected chi connectivity index (χ0v) is 20.2. The number of esters is 1. The molecule has 0 aliphatic carbocycles. The number of rotatable bonds is 7. The van der Waals surface area contributed by atoms with Crippen LogP contribution >= 0.6 is 0 Å². The van der Waals surface area contributed by atoms with Crippen molar-refractivity contribution in [1.29, 1.82) is 0 Å². The van der Waals surface area contributed by atoms with Crippen LogP contribution in [0.2, 0.25) is 0 Å². The van der Waals surface area contributed by atoms with Crippen LogP contribution < -0.4 is 0 Å². The molecule has 0 unspecified atom stereocenters. The van der Waals surface area contributed by atoms with Crippen molar-refractivity contribution in [3.05, 3.63) is 35.9 Å². The molecule has 0 spiro atoms. The number of carbonyl (C=O) groups excluding carboxylic acids is 2. The average molecular weight is 457 g/mol. The average Bonchev–Trinajstić information content (AvgIpc) is 2.86. The maximum absolute atomic E-state index is 12.8. The molecular weight excluding hydrogens is 416 g/mol. The van der Waals surface area contributed by atoms with Gasteiger partial charge in [0.1, 0.15) is 0 Å². The Morgan fingerprint density at radius 1 is 0.818 bits per heavy atom. The maximum atomic E-state index is 12.8. The Kier molecular flexibility index (Phi) is 8.75. The third-order valence-electron chi connectivity index (χ3n) is 7.72. The van der Waals surface area contributed by atoms with Crippen molar-refractivity contribution in [3.63, 3.8) is 0 Å². The van der Waals surface area contributed by atoms with Crippen LogP contribution in [0.5, 0.6) is 0 Å². The molecule has 0 atom stereocenters. The third kappa shape index (κ3) is 7.01. The first kappa shape index (κ1) is 24.2. The van der Waals surface area contributed by atoms with E-state index < -0.39 is 0 Å². The summed E-state index contributed by atoms with van der Waals surface area (Å²) in [6, 6.07) is 10.9. The summed E-state index contributed by atoms with van der Waals surface area (Å²) in [4.78, 5) is 28.6. The zero-order chi connectivity index (χ0) is 23.0. The van der Waals surface area contributed by atoms with Gasteiger partial charge in [-0.3, -0.25) is 14.5 Å². The molecule has 0 bridgehead atoms. The van der Waals surface area contributed by atoms with E-state index >= 15 is 0 Å². The molecule has 1 aromatic carbocycles. The summed E-state index contributed by atoms with van der Waals surface area (Å²) in [7, 11) is 1.44. The highest BCUT2D eigenvalue weighted by Gasteiger charge is 2.29. The summed E-state index contributed by atoms with van der Waals surface area (Å²) in [6.07, 6.45) is 6.00. The van der Waals surface area contributed by atoms with Crippen LogP contribution in [0.25, 0.3) is 0 Å². The van der Waals surface area contributed by atoms with Gasteiger partial charge in [0, 0.05) is 58.8 Å². The molecule has 0 aromatic heterocycles. The smallest absolute Gasteiger partial charge is 0.305 e. The van der Waals surface area contributed by atoms with Gasteiger partial charge in [-0.15, -0.1) is 0 Å². The number of carbonyl (C=O) groups is 2. The first-order valence-electron chi connectivity index (χ1n) is 12.7. The Hall–Kier alpha value is -1.96. The molecule has 3 heterocycles. The summed E-state index contributed by atoms with van der Waals surface area (Å²) in [6.45, 7) is 8.28. The molecule has 4 rings (SSSR count). The number of piperazine rings is 1. The van der Waals surface area contributed by atoms with E-state index in [-0.39, 0.29) is 11.9 Å². The summed E-state index contributed by atoms with van der Waals surface area (Å²) < 4.78 is 4.78. The van der Waals surface area contributed by atoms with Gasteiger partial charge in [-0.1, -0.05) is 30.3 Å². The van der Waals surface area contributed by atoms with Crippen molar-refractivity contribution < 1.29 is 14.3 Å². The van der Waals surface area contributed by atoms with Gasteiger partial charge in [-0.25, -0.2) is 10.0 Å². The van der Waals surface area contributed by atoms with E-state index in [9.17, 15) is 9.59 Å². The summed E-state index contributed by atoms with van der Waals surface area (Å²) in [5, 5.41) is 5.06. The van der Waals surface area contributed by atoms with Crippen molar-refractivity contribution in [1.82, 2.24) is 19.8 Å². The number of hydrazine groups is 1. The Morgan fingerprint density at radius 2 is 1.42 bits per heavy atom. The monoisotopic (exact) mass is 456 g/mol. The molecular formula is C26H40N4O3. The number of likely N-dealkylation sites (tertiary alicyclic amines) is 1. The number of ether oxygens (including phenoxy) is 1. The Morgan fingerprint density at radius 3 is 2.06 bits per heavy atom. The van der Waals surface area contributed by atoms with Gasteiger partial charge < -0.3 is 9.64 Å². The van der Waals surface area contributed by atoms with Gasteiger partial charge in [-0.05, 0) is 49.5 Å². The fourth-order valence-electron chi connectivity index (χ4n) is 5.53. The highest BCUT2D eigenvalue weighted by Crippen LogP contribution is 2.24. The van der Waals surface area contributed by atoms with Crippen LogP contribution in [0, 0.1) is 11.8 Å². The second-order valence-corrected chi connectivity index (χ2v) is 9.92. The quantitative estimate of drug-likeness (QED) is 0.587. The molecule has 1 amide bonds. The molecule has 0 radical (unpaired) electrons. The van der Waals surface area contributed by atoms with Gasteiger partial charge in [0.2, 0.25) is 5.91 Å². The molecule has 3 fully saturated rings. The van der Waals surface area contributed by atoms with Crippen LogP contribution in [0.1, 0.15) is 37.7 Å². The van der Waals surface area contributed by atoms with Crippen LogP contribution in [0.15, 0.2) is 30.3 Å². The van der Waals surface area contributed by atoms with E-state index in [1.165, 1.54) is 31.9 Å². The lowest BCUT2D eigenvalue weighted by molar-refractivity contribution is -0.142. The summed E-state index contributed by atoms with van der Waals surface area (Å²) in [5.41, 5.74) is 1.46. The zero-order valence-electron chi connectivity index (χ0n) is 20.2. The van der Waals surface area contributed by atoms with Crippen LogP contribution in [-0.4, -0.2) is 97.7 Å². The second-order valence-electron chi connectivity index (χ2n) is 9.92. The predicted molar refractivity (Wildman–Crippen MR) is 128 cm³/mol. The van der Waals surface area contributed by atoms with E-state index in [1.807, 2.05) is 4.90 Å². The molecule has 1 aromatic rings. The Balaban J connectivity index is 1.12. The Labute approximate surface area is 198 Å². The van der Waals surface area contributed by atoms with E-state index in [1.54, 1.807) is 0 Å². The fraction of sp³-hybridized carbons (Fsp3) is 0.692. The highest BCUT2D eigenvalue weighted by molar-refractivity contribution is 5.78. The van der Waals surface area contributed by atoms with Crippen LogP contribution in [0.4, 0.5) is 0 Å². The highest BCUT2D eigenvalue weighted by atomic mass is 16.5. The van der Waals surface area contributed by atoms with Crippen molar-refractivity contribution in [2.75, 3.05) is 66.0 Å². The number of methoxy groups -OCH3 is 1. The van der Waals surface area contributed by atoms with E-state index in [0.717, 1.165) is 71.1 Å². The normalized spacial score (nSPS) is 22.4. The van der Waals surface area contributed by atoms with Crippen molar-refractivity contribution >= 4 is 11.9 Å².